The third-order valence-electron chi connectivity index (χ3n) is 4.57. The number of aromatic nitrogens is 2. The molecule has 0 saturated heterocycles. The molecule has 21 heavy (non-hydrogen) atoms. The van der Waals surface area contributed by atoms with Gasteiger partial charge in [0, 0.05) is 17.2 Å². The van der Waals surface area contributed by atoms with Gasteiger partial charge in [-0.3, -0.25) is 0 Å². The van der Waals surface area contributed by atoms with E-state index in [2.05, 4.69) is 37.9 Å². The standard InChI is InChI=1S/C18H21ClN2/c1-11-8-13(3)15(9-12(11)2)18-20-16(10-17(19)21-18)14-6-4-5-7-14/h8-10,14H,4-7H2,1-3H3. The number of halogens is 1. The molecule has 1 aliphatic carbocycles. The van der Waals surface area contributed by atoms with Crippen LogP contribution in [0.1, 0.15) is 54.0 Å². The molecular formula is C18H21ClN2. The van der Waals surface area contributed by atoms with Crippen molar-refractivity contribution >= 4 is 11.6 Å². The van der Waals surface area contributed by atoms with E-state index in [1.165, 1.54) is 42.4 Å². The van der Waals surface area contributed by atoms with Gasteiger partial charge >= 0.3 is 0 Å². The molecule has 0 aliphatic heterocycles. The van der Waals surface area contributed by atoms with E-state index < -0.39 is 0 Å². The van der Waals surface area contributed by atoms with Crippen LogP contribution in [0, 0.1) is 20.8 Å². The largest absolute Gasteiger partial charge is 0.233 e. The highest BCUT2D eigenvalue weighted by molar-refractivity contribution is 6.29. The first-order chi connectivity index (χ1) is 10.0. The smallest absolute Gasteiger partial charge is 0.161 e. The van der Waals surface area contributed by atoms with Crippen LogP contribution >= 0.6 is 11.6 Å². The molecule has 1 heterocycles. The van der Waals surface area contributed by atoms with Crippen molar-refractivity contribution in [2.24, 2.45) is 0 Å². The predicted molar refractivity (Wildman–Crippen MR) is 87.9 cm³/mol. The monoisotopic (exact) mass is 300 g/mol. The van der Waals surface area contributed by atoms with Crippen LogP contribution in [-0.2, 0) is 0 Å². The molecule has 1 saturated carbocycles. The molecule has 2 nitrogen and oxygen atoms in total. The molecule has 2 aromatic rings. The maximum absolute atomic E-state index is 6.25. The SMILES string of the molecule is Cc1cc(C)c(-c2nc(Cl)cc(C3CCCC3)n2)cc1C. The summed E-state index contributed by atoms with van der Waals surface area (Å²) in [5.41, 5.74) is 5.98. The van der Waals surface area contributed by atoms with Crippen molar-refractivity contribution in [1.29, 1.82) is 0 Å². The van der Waals surface area contributed by atoms with Crippen molar-refractivity contribution in [3.8, 4) is 11.4 Å². The Morgan fingerprint density at radius 1 is 0.905 bits per heavy atom. The third kappa shape index (κ3) is 2.96. The Bertz CT molecular complexity index is 673. The molecule has 1 aromatic carbocycles. The summed E-state index contributed by atoms with van der Waals surface area (Å²) in [4.78, 5) is 9.28. The van der Waals surface area contributed by atoms with Crippen LogP contribution in [0.2, 0.25) is 5.15 Å². The Hall–Kier alpha value is -1.41. The highest BCUT2D eigenvalue weighted by atomic mass is 35.5. The average Bonchev–Trinajstić information content (AvgIpc) is 2.96. The Balaban J connectivity index is 2.08. The van der Waals surface area contributed by atoms with Crippen molar-refractivity contribution in [1.82, 2.24) is 9.97 Å². The van der Waals surface area contributed by atoms with E-state index in [4.69, 9.17) is 16.6 Å². The van der Waals surface area contributed by atoms with Gasteiger partial charge in [0.15, 0.2) is 5.82 Å². The van der Waals surface area contributed by atoms with Crippen molar-refractivity contribution < 1.29 is 0 Å². The molecule has 0 spiro atoms. The lowest BCUT2D eigenvalue weighted by Crippen LogP contribution is -2.02. The zero-order valence-corrected chi connectivity index (χ0v) is 13.7. The van der Waals surface area contributed by atoms with Crippen LogP contribution in [0.5, 0.6) is 0 Å². The Morgan fingerprint density at radius 3 is 2.29 bits per heavy atom. The molecule has 1 aromatic heterocycles. The highest BCUT2D eigenvalue weighted by Crippen LogP contribution is 2.35. The van der Waals surface area contributed by atoms with E-state index in [0.29, 0.717) is 11.1 Å². The minimum atomic E-state index is 0.552. The van der Waals surface area contributed by atoms with Crippen LogP contribution in [0.3, 0.4) is 0 Å². The first-order valence-electron chi connectivity index (χ1n) is 7.67. The van der Waals surface area contributed by atoms with Gasteiger partial charge in [-0.15, -0.1) is 0 Å². The minimum Gasteiger partial charge on any atom is -0.233 e. The molecule has 0 N–H and O–H groups in total. The van der Waals surface area contributed by atoms with Gasteiger partial charge < -0.3 is 0 Å². The summed E-state index contributed by atoms with van der Waals surface area (Å²) < 4.78 is 0. The van der Waals surface area contributed by atoms with Crippen LogP contribution in [0.15, 0.2) is 18.2 Å². The fourth-order valence-corrected chi connectivity index (χ4v) is 3.38. The van der Waals surface area contributed by atoms with E-state index in [0.717, 1.165) is 17.1 Å². The molecule has 1 fully saturated rings. The normalized spacial score (nSPS) is 15.6. The number of benzene rings is 1. The topological polar surface area (TPSA) is 25.8 Å². The van der Waals surface area contributed by atoms with Crippen LogP contribution in [-0.4, -0.2) is 9.97 Å². The van der Waals surface area contributed by atoms with Gasteiger partial charge in [0.2, 0.25) is 0 Å². The molecule has 110 valence electrons. The van der Waals surface area contributed by atoms with Crippen LogP contribution in [0.25, 0.3) is 11.4 Å². The molecule has 3 rings (SSSR count). The van der Waals surface area contributed by atoms with Gasteiger partial charge in [-0.1, -0.05) is 30.5 Å². The Kier molecular flexibility index (Phi) is 3.99. The number of hydrogen-bond acceptors (Lipinski definition) is 2. The van der Waals surface area contributed by atoms with Gasteiger partial charge in [-0.2, -0.15) is 0 Å². The second-order valence-corrected chi connectivity index (χ2v) is 6.56. The molecule has 0 bridgehead atoms. The lowest BCUT2D eigenvalue weighted by molar-refractivity contribution is 0.695. The zero-order chi connectivity index (χ0) is 15.0. The summed E-state index contributed by atoms with van der Waals surface area (Å²) in [7, 11) is 0. The van der Waals surface area contributed by atoms with Crippen molar-refractivity contribution in [2.45, 2.75) is 52.4 Å². The van der Waals surface area contributed by atoms with Gasteiger partial charge in [0.25, 0.3) is 0 Å². The molecule has 0 unspecified atom stereocenters. The van der Waals surface area contributed by atoms with Crippen molar-refractivity contribution in [2.75, 3.05) is 0 Å². The van der Waals surface area contributed by atoms with E-state index in [9.17, 15) is 0 Å². The Labute approximate surface area is 131 Å². The predicted octanol–water partition coefficient (Wildman–Crippen LogP) is 5.38. The fourth-order valence-electron chi connectivity index (χ4n) is 3.19. The highest BCUT2D eigenvalue weighted by Gasteiger charge is 2.20. The molecule has 3 heteroatoms. The van der Waals surface area contributed by atoms with Gasteiger partial charge in [-0.25, -0.2) is 9.97 Å². The average molecular weight is 301 g/mol. The van der Waals surface area contributed by atoms with E-state index in [1.54, 1.807) is 0 Å². The zero-order valence-electron chi connectivity index (χ0n) is 12.9. The molecule has 0 radical (unpaired) electrons. The van der Waals surface area contributed by atoms with Gasteiger partial charge in [0.05, 0.1) is 0 Å². The summed E-state index contributed by atoms with van der Waals surface area (Å²) in [6.45, 7) is 6.37. The lowest BCUT2D eigenvalue weighted by atomic mass is 9.99. The summed E-state index contributed by atoms with van der Waals surface area (Å²) in [5, 5.41) is 0.555. The molecule has 0 atom stereocenters. The second-order valence-electron chi connectivity index (χ2n) is 6.17. The van der Waals surface area contributed by atoms with Crippen LogP contribution < -0.4 is 0 Å². The summed E-state index contributed by atoms with van der Waals surface area (Å²) in [5.74, 6) is 1.32. The number of hydrogen-bond donors (Lipinski definition) is 0. The van der Waals surface area contributed by atoms with Crippen molar-refractivity contribution in [3.05, 3.63) is 45.7 Å². The molecular weight excluding hydrogens is 280 g/mol. The number of aryl methyl sites for hydroxylation is 3. The summed E-state index contributed by atoms with van der Waals surface area (Å²) >= 11 is 6.25. The number of rotatable bonds is 2. The third-order valence-corrected chi connectivity index (χ3v) is 4.76. The van der Waals surface area contributed by atoms with Gasteiger partial charge in [-0.05, 0) is 62.4 Å². The Morgan fingerprint density at radius 2 is 1.57 bits per heavy atom. The molecule has 1 aliphatic rings. The maximum Gasteiger partial charge on any atom is 0.161 e. The van der Waals surface area contributed by atoms with E-state index in [1.807, 2.05) is 6.07 Å². The first kappa shape index (κ1) is 14.5. The summed E-state index contributed by atoms with van der Waals surface area (Å²) in [6.07, 6.45) is 5.03. The lowest BCUT2D eigenvalue weighted by Gasteiger charge is -2.13. The minimum absolute atomic E-state index is 0.552. The van der Waals surface area contributed by atoms with E-state index in [-0.39, 0.29) is 0 Å². The fraction of sp³-hybridized carbons (Fsp3) is 0.444. The first-order valence-corrected chi connectivity index (χ1v) is 8.05. The number of nitrogens with zero attached hydrogens (tertiary/aromatic N) is 2. The quantitative estimate of drug-likeness (QED) is 0.696. The second kappa shape index (κ2) is 5.76. The van der Waals surface area contributed by atoms with Crippen molar-refractivity contribution in [3.63, 3.8) is 0 Å². The van der Waals surface area contributed by atoms with Gasteiger partial charge in [0.1, 0.15) is 5.15 Å². The van der Waals surface area contributed by atoms with E-state index >= 15 is 0 Å². The summed E-state index contributed by atoms with van der Waals surface area (Å²) in [6, 6.07) is 6.32. The van der Waals surface area contributed by atoms with Crippen LogP contribution in [0.4, 0.5) is 0 Å². The molecule has 0 amide bonds. The maximum atomic E-state index is 6.25.